The number of rotatable bonds is 7. The molecule has 168 valence electrons. The number of benzene rings is 1. The summed E-state index contributed by atoms with van der Waals surface area (Å²) in [6.07, 6.45) is 5.25. The first-order chi connectivity index (χ1) is 14.7. The van der Waals surface area contributed by atoms with Crippen LogP contribution in [0.4, 0.5) is 0 Å². The van der Waals surface area contributed by atoms with Crippen LogP contribution in [0.2, 0.25) is 0 Å². The van der Waals surface area contributed by atoms with E-state index in [1.807, 2.05) is 70.2 Å². The maximum atomic E-state index is 13.5. The molecule has 0 N–H and O–H groups in total. The van der Waals surface area contributed by atoms with Crippen LogP contribution in [0.3, 0.4) is 0 Å². The van der Waals surface area contributed by atoms with Gasteiger partial charge in [-0.05, 0) is 58.2 Å². The fourth-order valence-corrected chi connectivity index (χ4v) is 4.25. The zero-order chi connectivity index (χ0) is 22.4. The predicted octanol–water partition coefficient (Wildman–Crippen LogP) is 5.32. The summed E-state index contributed by atoms with van der Waals surface area (Å²) in [5.74, 6) is 1.68. The molecule has 1 aliphatic rings. The Bertz CT molecular complexity index is 860. The van der Waals surface area contributed by atoms with Gasteiger partial charge < -0.3 is 14.2 Å². The van der Waals surface area contributed by atoms with Gasteiger partial charge in [0.2, 0.25) is 11.8 Å². The minimum atomic E-state index is -0.413. The van der Waals surface area contributed by atoms with Crippen LogP contribution in [0, 0.1) is 12.8 Å². The van der Waals surface area contributed by atoms with Gasteiger partial charge in [0.25, 0.3) is 0 Å². The summed E-state index contributed by atoms with van der Waals surface area (Å²) in [5, 5.41) is 0. The van der Waals surface area contributed by atoms with Crippen molar-refractivity contribution in [2.24, 2.45) is 5.92 Å². The average Bonchev–Trinajstić information content (AvgIpc) is 3.16. The standard InChI is InChI=1S/C26H36N2O3/c1-20-15-16-23(31-20)18-27(17-21-11-7-5-8-12-21)24(29)19-28(26(2,3)4)25(30)22-13-9-6-10-14-22/h5,7-8,11-12,15-16,22H,6,9-10,13-14,17-19H2,1-4H3. The van der Waals surface area contributed by atoms with Gasteiger partial charge in [-0.15, -0.1) is 0 Å². The fourth-order valence-electron chi connectivity index (χ4n) is 4.25. The number of hydrogen-bond donors (Lipinski definition) is 0. The highest BCUT2D eigenvalue weighted by molar-refractivity contribution is 5.86. The van der Waals surface area contributed by atoms with E-state index in [2.05, 4.69) is 0 Å². The number of amides is 2. The number of furan rings is 1. The van der Waals surface area contributed by atoms with Crippen LogP contribution in [0.15, 0.2) is 46.9 Å². The van der Waals surface area contributed by atoms with Gasteiger partial charge >= 0.3 is 0 Å². The Morgan fingerprint density at radius 2 is 1.65 bits per heavy atom. The van der Waals surface area contributed by atoms with E-state index in [0.717, 1.165) is 42.8 Å². The second kappa shape index (κ2) is 10.2. The van der Waals surface area contributed by atoms with Crippen molar-refractivity contribution in [1.82, 2.24) is 9.80 Å². The van der Waals surface area contributed by atoms with Crippen LogP contribution in [0.5, 0.6) is 0 Å². The van der Waals surface area contributed by atoms with Gasteiger partial charge in [-0.1, -0.05) is 49.6 Å². The smallest absolute Gasteiger partial charge is 0.242 e. The summed E-state index contributed by atoms with van der Waals surface area (Å²) in [4.78, 5) is 30.4. The van der Waals surface area contributed by atoms with E-state index < -0.39 is 5.54 Å². The van der Waals surface area contributed by atoms with Gasteiger partial charge in [-0.25, -0.2) is 0 Å². The third-order valence-electron chi connectivity index (χ3n) is 6.04. The molecule has 0 atom stereocenters. The minimum Gasteiger partial charge on any atom is -0.464 e. The van der Waals surface area contributed by atoms with Crippen molar-refractivity contribution in [2.75, 3.05) is 6.54 Å². The summed E-state index contributed by atoms with van der Waals surface area (Å²) >= 11 is 0. The number of hydrogen-bond acceptors (Lipinski definition) is 3. The van der Waals surface area contributed by atoms with Crippen molar-refractivity contribution >= 4 is 11.8 Å². The lowest BCUT2D eigenvalue weighted by molar-refractivity contribution is -0.149. The molecule has 1 aromatic carbocycles. The van der Waals surface area contributed by atoms with Gasteiger partial charge in [-0.2, -0.15) is 0 Å². The Balaban J connectivity index is 1.79. The molecule has 0 bridgehead atoms. The lowest BCUT2D eigenvalue weighted by atomic mass is 9.87. The number of aryl methyl sites for hydroxylation is 1. The number of carbonyl (C=O) groups is 2. The van der Waals surface area contributed by atoms with Crippen LogP contribution in [0.25, 0.3) is 0 Å². The first-order valence-corrected chi connectivity index (χ1v) is 11.4. The van der Waals surface area contributed by atoms with Crippen molar-refractivity contribution in [3.8, 4) is 0 Å². The van der Waals surface area contributed by atoms with E-state index in [1.165, 1.54) is 6.42 Å². The minimum absolute atomic E-state index is 0.0380. The second-order valence-electron chi connectivity index (χ2n) is 9.68. The molecule has 0 unspecified atom stereocenters. The first-order valence-electron chi connectivity index (χ1n) is 11.4. The quantitative estimate of drug-likeness (QED) is 0.604. The van der Waals surface area contributed by atoms with Crippen molar-refractivity contribution in [3.63, 3.8) is 0 Å². The number of carbonyl (C=O) groups excluding carboxylic acids is 2. The molecule has 1 aliphatic carbocycles. The third-order valence-corrected chi connectivity index (χ3v) is 6.04. The molecule has 3 rings (SSSR count). The summed E-state index contributed by atoms with van der Waals surface area (Å²) in [6.45, 7) is 8.89. The summed E-state index contributed by atoms with van der Waals surface area (Å²) in [6, 6.07) is 13.8. The summed E-state index contributed by atoms with van der Waals surface area (Å²) < 4.78 is 5.74. The highest BCUT2D eigenvalue weighted by Crippen LogP contribution is 2.28. The molecule has 0 spiro atoms. The maximum absolute atomic E-state index is 13.5. The Morgan fingerprint density at radius 1 is 0.968 bits per heavy atom. The molecule has 2 aromatic rings. The Kier molecular flexibility index (Phi) is 7.58. The SMILES string of the molecule is Cc1ccc(CN(Cc2ccccc2)C(=O)CN(C(=O)C2CCCCC2)C(C)(C)C)o1. The monoisotopic (exact) mass is 424 g/mol. The van der Waals surface area contributed by atoms with E-state index in [4.69, 9.17) is 4.42 Å². The van der Waals surface area contributed by atoms with Gasteiger partial charge in [0.15, 0.2) is 0 Å². The molecule has 0 saturated heterocycles. The average molecular weight is 425 g/mol. The summed E-state index contributed by atoms with van der Waals surface area (Å²) in [5.41, 5.74) is 0.643. The van der Waals surface area contributed by atoms with E-state index in [0.29, 0.717) is 13.1 Å². The second-order valence-corrected chi connectivity index (χ2v) is 9.68. The Morgan fingerprint density at radius 3 is 2.23 bits per heavy atom. The molecule has 5 heteroatoms. The zero-order valence-electron chi connectivity index (χ0n) is 19.4. The van der Waals surface area contributed by atoms with Gasteiger partial charge in [0.1, 0.15) is 18.1 Å². The maximum Gasteiger partial charge on any atom is 0.242 e. The van der Waals surface area contributed by atoms with E-state index >= 15 is 0 Å². The molecule has 0 aliphatic heterocycles. The molecule has 1 saturated carbocycles. The van der Waals surface area contributed by atoms with Gasteiger partial charge in [-0.3, -0.25) is 9.59 Å². The Hall–Kier alpha value is -2.56. The highest BCUT2D eigenvalue weighted by Gasteiger charge is 2.34. The van der Waals surface area contributed by atoms with Gasteiger partial charge in [0.05, 0.1) is 6.54 Å². The lowest BCUT2D eigenvalue weighted by Crippen LogP contribution is -2.53. The van der Waals surface area contributed by atoms with Crippen LogP contribution in [-0.4, -0.2) is 33.7 Å². The van der Waals surface area contributed by atoms with Crippen molar-refractivity contribution in [1.29, 1.82) is 0 Å². The first kappa shape index (κ1) is 23.1. The van der Waals surface area contributed by atoms with E-state index in [1.54, 1.807) is 9.80 Å². The van der Waals surface area contributed by atoms with Crippen LogP contribution >= 0.6 is 0 Å². The largest absolute Gasteiger partial charge is 0.464 e. The van der Waals surface area contributed by atoms with E-state index in [9.17, 15) is 9.59 Å². The molecule has 0 radical (unpaired) electrons. The molecule has 1 fully saturated rings. The van der Waals surface area contributed by atoms with Gasteiger partial charge in [0, 0.05) is 18.0 Å². The van der Waals surface area contributed by atoms with Crippen LogP contribution in [-0.2, 0) is 22.7 Å². The zero-order valence-corrected chi connectivity index (χ0v) is 19.4. The van der Waals surface area contributed by atoms with Crippen molar-refractivity contribution in [3.05, 3.63) is 59.5 Å². The molecular weight excluding hydrogens is 388 g/mol. The molecule has 31 heavy (non-hydrogen) atoms. The number of nitrogens with zero attached hydrogens (tertiary/aromatic N) is 2. The molecule has 1 aromatic heterocycles. The molecule has 2 amide bonds. The third kappa shape index (κ3) is 6.46. The molecular formula is C26H36N2O3. The normalized spacial score (nSPS) is 15.0. The van der Waals surface area contributed by atoms with Crippen molar-refractivity contribution in [2.45, 2.75) is 78.4 Å². The van der Waals surface area contributed by atoms with Crippen LogP contribution in [0.1, 0.15) is 70.0 Å². The Labute approximate surface area is 186 Å². The lowest BCUT2D eigenvalue weighted by Gasteiger charge is -2.39. The fraction of sp³-hybridized carbons (Fsp3) is 0.538. The van der Waals surface area contributed by atoms with Crippen LogP contribution < -0.4 is 0 Å². The topological polar surface area (TPSA) is 53.8 Å². The highest BCUT2D eigenvalue weighted by atomic mass is 16.3. The predicted molar refractivity (Wildman–Crippen MR) is 122 cm³/mol. The molecule has 5 nitrogen and oxygen atoms in total. The van der Waals surface area contributed by atoms with E-state index in [-0.39, 0.29) is 24.3 Å². The molecule has 1 heterocycles. The van der Waals surface area contributed by atoms with Crippen molar-refractivity contribution < 1.29 is 14.0 Å². The summed E-state index contributed by atoms with van der Waals surface area (Å²) in [7, 11) is 0.